The van der Waals surface area contributed by atoms with Crippen molar-refractivity contribution in [1.29, 1.82) is 0 Å². The molecule has 5 rings (SSSR count). The number of fused-ring (bicyclic) bond motifs is 1. The summed E-state index contributed by atoms with van der Waals surface area (Å²) in [7, 11) is 0. The summed E-state index contributed by atoms with van der Waals surface area (Å²) in [6, 6.07) is 13.6. The van der Waals surface area contributed by atoms with Crippen LogP contribution < -0.4 is 4.74 Å². The standard InChI is InChI=1S/C28H35N5O3/c1-21-6-5-7-22(2)33(21)27(34)20-36-25-11-9-23(10-12-25)28(35)31-16-14-30(15-17-31)18-24-19-32-13-4-3-8-26(32)29-24/h3-4,8-13,19,21-22H,5-7,14-18,20H2,1-2H3. The molecule has 0 N–H and O–H groups in total. The molecule has 190 valence electrons. The zero-order chi connectivity index (χ0) is 25.1. The van der Waals surface area contributed by atoms with E-state index in [1.165, 1.54) is 6.42 Å². The van der Waals surface area contributed by atoms with Crippen LogP contribution in [0.25, 0.3) is 5.65 Å². The lowest BCUT2D eigenvalue weighted by Gasteiger charge is -2.39. The second-order valence-corrected chi connectivity index (χ2v) is 10.0. The number of amides is 2. The number of likely N-dealkylation sites (tertiary alicyclic amines) is 1. The molecule has 36 heavy (non-hydrogen) atoms. The van der Waals surface area contributed by atoms with E-state index < -0.39 is 0 Å². The highest BCUT2D eigenvalue weighted by molar-refractivity contribution is 5.94. The highest BCUT2D eigenvalue weighted by Crippen LogP contribution is 2.23. The number of nitrogens with zero attached hydrogens (tertiary/aromatic N) is 5. The van der Waals surface area contributed by atoms with E-state index in [0.29, 0.717) is 24.4 Å². The number of carbonyl (C=O) groups excluding carboxylic acids is 2. The molecule has 2 amide bonds. The molecule has 2 aromatic heterocycles. The van der Waals surface area contributed by atoms with E-state index in [-0.39, 0.29) is 30.5 Å². The fourth-order valence-corrected chi connectivity index (χ4v) is 5.41. The lowest BCUT2D eigenvalue weighted by atomic mass is 9.97. The van der Waals surface area contributed by atoms with Crippen LogP contribution >= 0.6 is 0 Å². The first-order valence-electron chi connectivity index (χ1n) is 13.0. The Kier molecular flexibility index (Phi) is 7.23. The summed E-state index contributed by atoms with van der Waals surface area (Å²) in [5, 5.41) is 0. The minimum Gasteiger partial charge on any atom is -0.484 e. The van der Waals surface area contributed by atoms with Crippen LogP contribution in [0.1, 0.15) is 49.2 Å². The van der Waals surface area contributed by atoms with Gasteiger partial charge in [0, 0.05) is 62.8 Å². The number of piperidine rings is 1. The van der Waals surface area contributed by atoms with Crippen molar-refractivity contribution >= 4 is 17.5 Å². The summed E-state index contributed by atoms with van der Waals surface area (Å²) in [6.07, 6.45) is 7.33. The van der Waals surface area contributed by atoms with Crippen molar-refractivity contribution in [3.63, 3.8) is 0 Å². The number of ether oxygens (including phenoxy) is 1. The Balaban J connectivity index is 1.10. The molecule has 8 heteroatoms. The largest absolute Gasteiger partial charge is 0.484 e. The van der Waals surface area contributed by atoms with E-state index in [1.807, 2.05) is 38.6 Å². The molecular weight excluding hydrogens is 454 g/mol. The summed E-state index contributed by atoms with van der Waals surface area (Å²) in [6.45, 7) is 8.02. The first-order valence-corrected chi connectivity index (χ1v) is 13.0. The topological polar surface area (TPSA) is 70.4 Å². The molecule has 2 aliphatic rings. The smallest absolute Gasteiger partial charge is 0.260 e. The third-order valence-electron chi connectivity index (χ3n) is 7.40. The van der Waals surface area contributed by atoms with Gasteiger partial charge in [0.15, 0.2) is 6.61 Å². The third-order valence-corrected chi connectivity index (χ3v) is 7.40. The van der Waals surface area contributed by atoms with E-state index in [1.54, 1.807) is 24.3 Å². The first-order chi connectivity index (χ1) is 17.5. The molecule has 0 spiro atoms. The van der Waals surface area contributed by atoms with E-state index in [2.05, 4.69) is 29.9 Å². The number of imidazole rings is 1. The SMILES string of the molecule is CC1CCCC(C)N1C(=O)COc1ccc(C(=O)N2CCN(Cc3cn4ccccc4n3)CC2)cc1. The van der Waals surface area contributed by atoms with Crippen LogP contribution in [-0.4, -0.2) is 80.8 Å². The Hall–Kier alpha value is -3.39. The van der Waals surface area contributed by atoms with Gasteiger partial charge >= 0.3 is 0 Å². The molecule has 2 saturated heterocycles. The van der Waals surface area contributed by atoms with Gasteiger partial charge in [0.1, 0.15) is 11.4 Å². The van der Waals surface area contributed by atoms with Gasteiger partial charge < -0.3 is 18.9 Å². The van der Waals surface area contributed by atoms with Gasteiger partial charge in [-0.05, 0) is 69.5 Å². The zero-order valence-corrected chi connectivity index (χ0v) is 21.2. The molecule has 1 aromatic carbocycles. The van der Waals surface area contributed by atoms with Crippen LogP contribution in [0.15, 0.2) is 54.9 Å². The van der Waals surface area contributed by atoms with Gasteiger partial charge in [-0.3, -0.25) is 14.5 Å². The van der Waals surface area contributed by atoms with Gasteiger partial charge in [-0.2, -0.15) is 0 Å². The van der Waals surface area contributed by atoms with Crippen molar-refractivity contribution in [2.45, 2.75) is 51.7 Å². The Bertz CT molecular complexity index is 1160. The van der Waals surface area contributed by atoms with Gasteiger partial charge in [0.05, 0.1) is 5.69 Å². The van der Waals surface area contributed by atoms with E-state index in [4.69, 9.17) is 4.74 Å². The predicted molar refractivity (Wildman–Crippen MR) is 138 cm³/mol. The first kappa shape index (κ1) is 24.3. The number of hydrogen-bond donors (Lipinski definition) is 0. The monoisotopic (exact) mass is 489 g/mol. The molecule has 0 aliphatic carbocycles. The molecule has 0 saturated carbocycles. The van der Waals surface area contributed by atoms with E-state index >= 15 is 0 Å². The summed E-state index contributed by atoms with van der Waals surface area (Å²) in [5.41, 5.74) is 2.63. The third kappa shape index (κ3) is 5.38. The molecule has 3 aromatic rings. The zero-order valence-electron chi connectivity index (χ0n) is 21.2. The van der Waals surface area contributed by atoms with Crippen LogP contribution in [0.2, 0.25) is 0 Å². The molecule has 8 nitrogen and oxygen atoms in total. The van der Waals surface area contributed by atoms with Gasteiger partial charge in [-0.1, -0.05) is 6.07 Å². The predicted octanol–water partition coefficient (Wildman–Crippen LogP) is 3.46. The molecule has 2 aliphatic heterocycles. The summed E-state index contributed by atoms with van der Waals surface area (Å²) >= 11 is 0. The normalized spacial score (nSPS) is 21.1. The molecular formula is C28H35N5O3. The van der Waals surface area contributed by atoms with Gasteiger partial charge in [-0.25, -0.2) is 4.98 Å². The van der Waals surface area contributed by atoms with Crippen LogP contribution in [0.3, 0.4) is 0 Å². The average molecular weight is 490 g/mol. The average Bonchev–Trinajstić information content (AvgIpc) is 3.30. The number of aromatic nitrogens is 2. The lowest BCUT2D eigenvalue weighted by molar-refractivity contribution is -0.139. The fourth-order valence-electron chi connectivity index (χ4n) is 5.41. The second-order valence-electron chi connectivity index (χ2n) is 10.0. The molecule has 4 heterocycles. The van der Waals surface area contributed by atoms with Gasteiger partial charge in [0.25, 0.3) is 11.8 Å². The van der Waals surface area contributed by atoms with Gasteiger partial charge in [-0.15, -0.1) is 0 Å². The summed E-state index contributed by atoms with van der Waals surface area (Å²) < 4.78 is 7.79. The number of carbonyl (C=O) groups is 2. The maximum atomic E-state index is 13.0. The van der Waals surface area contributed by atoms with E-state index in [0.717, 1.165) is 43.8 Å². The van der Waals surface area contributed by atoms with Crippen LogP contribution in [-0.2, 0) is 11.3 Å². The number of rotatable bonds is 6. The number of pyridine rings is 1. The maximum absolute atomic E-state index is 13.0. The second kappa shape index (κ2) is 10.7. The van der Waals surface area contributed by atoms with Crippen LogP contribution in [0.4, 0.5) is 0 Å². The van der Waals surface area contributed by atoms with Crippen molar-refractivity contribution in [2.24, 2.45) is 0 Å². The quantitative estimate of drug-likeness (QED) is 0.530. The van der Waals surface area contributed by atoms with Crippen molar-refractivity contribution in [3.05, 3.63) is 66.1 Å². The van der Waals surface area contributed by atoms with E-state index in [9.17, 15) is 9.59 Å². The van der Waals surface area contributed by atoms with Gasteiger partial charge in [0.2, 0.25) is 0 Å². The van der Waals surface area contributed by atoms with Crippen LogP contribution in [0.5, 0.6) is 5.75 Å². The summed E-state index contributed by atoms with van der Waals surface area (Å²) in [5.74, 6) is 0.659. The maximum Gasteiger partial charge on any atom is 0.260 e. The van der Waals surface area contributed by atoms with Crippen molar-refractivity contribution < 1.29 is 14.3 Å². The van der Waals surface area contributed by atoms with Crippen molar-refractivity contribution in [3.8, 4) is 5.75 Å². The Morgan fingerprint density at radius 3 is 2.39 bits per heavy atom. The summed E-state index contributed by atoms with van der Waals surface area (Å²) in [4.78, 5) is 36.6. The molecule has 2 unspecified atom stereocenters. The highest BCUT2D eigenvalue weighted by atomic mass is 16.5. The minimum atomic E-state index is 0.0240. The molecule has 2 fully saturated rings. The number of piperazine rings is 1. The van der Waals surface area contributed by atoms with Crippen LogP contribution in [0, 0.1) is 0 Å². The highest BCUT2D eigenvalue weighted by Gasteiger charge is 2.29. The molecule has 0 radical (unpaired) electrons. The Labute approximate surface area is 212 Å². The van der Waals surface area contributed by atoms with Crippen molar-refractivity contribution in [1.82, 2.24) is 24.1 Å². The number of benzene rings is 1. The molecule has 0 bridgehead atoms. The molecule has 2 atom stereocenters. The Morgan fingerprint density at radius 1 is 0.972 bits per heavy atom. The lowest BCUT2D eigenvalue weighted by Crippen LogP contribution is -2.49. The minimum absolute atomic E-state index is 0.0240. The Morgan fingerprint density at radius 2 is 1.69 bits per heavy atom. The van der Waals surface area contributed by atoms with Crippen molar-refractivity contribution in [2.75, 3.05) is 32.8 Å². The number of hydrogen-bond acceptors (Lipinski definition) is 5. The fraction of sp³-hybridized carbons (Fsp3) is 0.464.